The minimum Gasteiger partial charge on any atom is -0.459 e. The molecule has 1 atom stereocenters. The molecule has 0 aliphatic carbocycles. The smallest absolute Gasteiger partial charge is 0.130 e. The summed E-state index contributed by atoms with van der Waals surface area (Å²) in [7, 11) is 0. The van der Waals surface area contributed by atoms with Gasteiger partial charge in [0.1, 0.15) is 18.1 Å². The number of benzene rings is 1. The zero-order valence-corrected chi connectivity index (χ0v) is 12.9. The summed E-state index contributed by atoms with van der Waals surface area (Å²) in [5.74, 6) is 1.20. The molecule has 0 spiro atoms. The first-order valence-electron chi connectivity index (χ1n) is 7.64. The molecule has 4 heteroatoms. The molecule has 4 nitrogen and oxygen atoms in total. The van der Waals surface area contributed by atoms with Crippen LogP contribution in [0.15, 0.2) is 59.0 Å². The fourth-order valence-corrected chi connectivity index (χ4v) is 2.30. The van der Waals surface area contributed by atoms with Crippen LogP contribution in [0.4, 0.5) is 0 Å². The molecule has 0 unspecified atom stereocenters. The average molecular weight is 314 g/mol. The fourth-order valence-electron chi connectivity index (χ4n) is 2.30. The van der Waals surface area contributed by atoms with Gasteiger partial charge in [-0.2, -0.15) is 0 Å². The highest BCUT2D eigenvalue weighted by Gasteiger charge is 2.07. The van der Waals surface area contributed by atoms with Gasteiger partial charge in [0.15, 0.2) is 0 Å². The van der Waals surface area contributed by atoms with Gasteiger partial charge in [-0.3, -0.25) is 0 Å². The number of rotatable bonds is 8. The van der Waals surface area contributed by atoms with Gasteiger partial charge in [-0.15, -0.1) is 0 Å². The number of hydrogen-bond donors (Lipinski definition) is 3. The van der Waals surface area contributed by atoms with Gasteiger partial charge >= 0.3 is 0 Å². The van der Waals surface area contributed by atoms with Crippen molar-refractivity contribution in [3.8, 4) is 0 Å². The lowest BCUT2D eigenvalue weighted by Gasteiger charge is -2.10. The third-order valence-corrected chi connectivity index (χ3v) is 3.47. The number of hydrogen-bond acceptors (Lipinski definition) is 4. The van der Waals surface area contributed by atoms with E-state index < -0.39 is 6.10 Å². The summed E-state index contributed by atoms with van der Waals surface area (Å²) in [6.45, 7) is -0.200. The molecule has 0 bridgehead atoms. The molecule has 0 saturated carbocycles. The normalized spacial score (nSPS) is 13.6. The maximum Gasteiger partial charge on any atom is 0.130 e. The van der Waals surface area contributed by atoms with E-state index in [2.05, 4.69) is 0 Å². The Hall–Kier alpha value is -2.14. The lowest BCUT2D eigenvalue weighted by Crippen LogP contribution is -2.02. The number of allylic oxidation sites excluding steroid dienone is 1. The summed E-state index contributed by atoms with van der Waals surface area (Å²) in [5, 5.41) is 27.7. The fraction of sp³-hybridized carbons (Fsp3) is 0.263. The topological polar surface area (TPSA) is 73.8 Å². The standard InChI is InChI=1S/C19H22O4/c20-12-4-7-17(22)9-8-16(15-5-2-1-3-6-15)13-18-10-11-19(14-21)23-18/h1-7,10-11,13,17,20-22H,8-9,12,14H2/b7-4-,16-13-/t17-/m0/s1. The molecular formula is C19H22O4. The van der Waals surface area contributed by atoms with Gasteiger partial charge in [0.2, 0.25) is 0 Å². The third kappa shape index (κ3) is 5.53. The van der Waals surface area contributed by atoms with Crippen molar-refractivity contribution in [2.75, 3.05) is 6.61 Å². The van der Waals surface area contributed by atoms with Crippen LogP contribution in [-0.4, -0.2) is 28.0 Å². The SMILES string of the molecule is OC/C=C\[C@H](O)CC/C(=C/c1ccc(CO)o1)c1ccccc1. The first-order chi connectivity index (χ1) is 11.2. The predicted molar refractivity (Wildman–Crippen MR) is 90.4 cm³/mol. The van der Waals surface area contributed by atoms with Crippen molar-refractivity contribution in [3.63, 3.8) is 0 Å². The van der Waals surface area contributed by atoms with Crippen LogP contribution in [0.2, 0.25) is 0 Å². The van der Waals surface area contributed by atoms with E-state index in [0.29, 0.717) is 24.4 Å². The molecule has 2 rings (SSSR count). The van der Waals surface area contributed by atoms with E-state index in [1.807, 2.05) is 42.5 Å². The van der Waals surface area contributed by atoms with E-state index in [4.69, 9.17) is 14.6 Å². The summed E-state index contributed by atoms with van der Waals surface area (Å²) in [6.07, 6.45) is 5.67. The second-order valence-corrected chi connectivity index (χ2v) is 5.21. The number of furan rings is 1. The molecule has 0 saturated heterocycles. The number of aliphatic hydroxyl groups is 3. The van der Waals surface area contributed by atoms with Gasteiger partial charge in [-0.1, -0.05) is 42.5 Å². The molecule has 122 valence electrons. The second kappa shape index (κ2) is 9.10. The quantitative estimate of drug-likeness (QED) is 0.655. The minimum atomic E-state index is -0.598. The van der Waals surface area contributed by atoms with Gasteiger partial charge < -0.3 is 19.7 Å². The van der Waals surface area contributed by atoms with E-state index in [-0.39, 0.29) is 13.2 Å². The highest BCUT2D eigenvalue weighted by atomic mass is 16.4. The van der Waals surface area contributed by atoms with Crippen molar-refractivity contribution in [1.82, 2.24) is 0 Å². The zero-order valence-electron chi connectivity index (χ0n) is 12.9. The summed E-state index contributed by atoms with van der Waals surface area (Å²) in [6, 6.07) is 13.5. The van der Waals surface area contributed by atoms with Crippen LogP contribution in [-0.2, 0) is 6.61 Å². The maximum atomic E-state index is 9.90. The van der Waals surface area contributed by atoms with Gasteiger partial charge in [-0.05, 0) is 42.2 Å². The minimum absolute atomic E-state index is 0.0746. The van der Waals surface area contributed by atoms with Crippen LogP contribution >= 0.6 is 0 Å². The number of aliphatic hydroxyl groups excluding tert-OH is 3. The van der Waals surface area contributed by atoms with Gasteiger partial charge in [0.25, 0.3) is 0 Å². The van der Waals surface area contributed by atoms with Crippen LogP contribution in [0.5, 0.6) is 0 Å². The molecule has 0 aliphatic heterocycles. The maximum absolute atomic E-state index is 9.90. The largest absolute Gasteiger partial charge is 0.459 e. The van der Waals surface area contributed by atoms with Crippen LogP contribution in [0.3, 0.4) is 0 Å². The third-order valence-electron chi connectivity index (χ3n) is 3.47. The van der Waals surface area contributed by atoms with E-state index >= 15 is 0 Å². The van der Waals surface area contributed by atoms with Crippen LogP contribution in [0, 0.1) is 0 Å². The molecule has 23 heavy (non-hydrogen) atoms. The van der Waals surface area contributed by atoms with Gasteiger partial charge in [0.05, 0.1) is 12.7 Å². The van der Waals surface area contributed by atoms with Crippen LogP contribution in [0.1, 0.15) is 29.9 Å². The summed E-state index contributed by atoms with van der Waals surface area (Å²) >= 11 is 0. The highest BCUT2D eigenvalue weighted by Crippen LogP contribution is 2.25. The Morgan fingerprint density at radius 2 is 1.87 bits per heavy atom. The van der Waals surface area contributed by atoms with Crippen molar-refractivity contribution in [1.29, 1.82) is 0 Å². The van der Waals surface area contributed by atoms with Crippen LogP contribution < -0.4 is 0 Å². The van der Waals surface area contributed by atoms with Gasteiger partial charge in [0, 0.05) is 0 Å². The Labute approximate surface area is 136 Å². The first-order valence-corrected chi connectivity index (χ1v) is 7.64. The molecule has 1 heterocycles. The molecule has 1 aromatic carbocycles. The highest BCUT2D eigenvalue weighted by molar-refractivity contribution is 5.80. The Morgan fingerprint density at radius 1 is 1.09 bits per heavy atom. The molecular weight excluding hydrogens is 292 g/mol. The predicted octanol–water partition coefficient (Wildman–Crippen LogP) is 3.00. The lowest BCUT2D eigenvalue weighted by molar-refractivity contribution is 0.213. The Balaban J connectivity index is 2.17. The van der Waals surface area contributed by atoms with E-state index in [1.54, 1.807) is 12.1 Å². The van der Waals surface area contributed by atoms with E-state index in [1.165, 1.54) is 6.08 Å². The molecule has 0 aliphatic rings. The molecule has 1 aromatic heterocycles. The Morgan fingerprint density at radius 3 is 2.52 bits per heavy atom. The summed E-state index contributed by atoms with van der Waals surface area (Å²) in [5.41, 5.74) is 2.11. The Bertz CT molecular complexity index is 640. The van der Waals surface area contributed by atoms with Crippen molar-refractivity contribution >= 4 is 11.6 Å². The van der Waals surface area contributed by atoms with Crippen molar-refractivity contribution in [3.05, 3.63) is 71.7 Å². The molecule has 0 amide bonds. The molecule has 0 fully saturated rings. The van der Waals surface area contributed by atoms with Crippen molar-refractivity contribution in [2.45, 2.75) is 25.6 Å². The lowest BCUT2D eigenvalue weighted by atomic mass is 9.98. The van der Waals surface area contributed by atoms with Crippen molar-refractivity contribution < 1.29 is 19.7 Å². The Kier molecular flexibility index (Phi) is 6.81. The molecule has 3 N–H and O–H groups in total. The van der Waals surface area contributed by atoms with E-state index in [0.717, 1.165) is 11.1 Å². The second-order valence-electron chi connectivity index (χ2n) is 5.21. The van der Waals surface area contributed by atoms with Crippen LogP contribution in [0.25, 0.3) is 11.6 Å². The summed E-state index contributed by atoms with van der Waals surface area (Å²) in [4.78, 5) is 0. The zero-order chi connectivity index (χ0) is 16.5. The summed E-state index contributed by atoms with van der Waals surface area (Å²) < 4.78 is 5.52. The monoisotopic (exact) mass is 314 g/mol. The molecule has 2 aromatic rings. The first kappa shape index (κ1) is 17.2. The van der Waals surface area contributed by atoms with Gasteiger partial charge in [-0.25, -0.2) is 0 Å². The molecule has 0 radical (unpaired) electrons. The van der Waals surface area contributed by atoms with Crippen molar-refractivity contribution in [2.24, 2.45) is 0 Å². The average Bonchev–Trinajstić information content (AvgIpc) is 3.05. The van der Waals surface area contributed by atoms with E-state index in [9.17, 15) is 5.11 Å².